The van der Waals surface area contributed by atoms with Gasteiger partial charge < -0.3 is 5.32 Å². The molecule has 0 spiro atoms. The molecular formula is C16H20BrNS. The fourth-order valence-corrected chi connectivity index (χ4v) is 4.00. The standard InChI is InChI=1S/C16H20BrNS/c1-3-6-12-7-5-8-13(11-12)15(18-4-2)16-14(17)9-10-19-16/h5,7-11,15,18H,3-4,6H2,1-2H3. The molecule has 1 N–H and O–H groups in total. The van der Waals surface area contributed by atoms with Crippen molar-refractivity contribution in [2.75, 3.05) is 6.54 Å². The molecule has 19 heavy (non-hydrogen) atoms. The zero-order valence-electron chi connectivity index (χ0n) is 11.4. The highest BCUT2D eigenvalue weighted by atomic mass is 79.9. The highest BCUT2D eigenvalue weighted by Crippen LogP contribution is 2.33. The maximum atomic E-state index is 3.65. The predicted octanol–water partition coefficient (Wildman–Crippen LogP) is 5.16. The van der Waals surface area contributed by atoms with Crippen molar-refractivity contribution in [2.45, 2.75) is 32.7 Å². The van der Waals surface area contributed by atoms with E-state index in [4.69, 9.17) is 0 Å². The third kappa shape index (κ3) is 3.68. The Labute approximate surface area is 128 Å². The molecule has 0 aliphatic rings. The minimum absolute atomic E-state index is 0.288. The SMILES string of the molecule is CCCc1cccc(C(NCC)c2sccc2Br)c1. The first-order valence-electron chi connectivity index (χ1n) is 6.81. The first kappa shape index (κ1) is 14.8. The van der Waals surface area contributed by atoms with Crippen LogP contribution in [0.25, 0.3) is 0 Å². The van der Waals surface area contributed by atoms with Crippen LogP contribution in [-0.2, 0) is 6.42 Å². The minimum Gasteiger partial charge on any atom is -0.306 e. The van der Waals surface area contributed by atoms with Crippen molar-refractivity contribution in [2.24, 2.45) is 0 Å². The second-order valence-electron chi connectivity index (χ2n) is 4.62. The predicted molar refractivity (Wildman–Crippen MR) is 88.0 cm³/mol. The minimum atomic E-state index is 0.288. The first-order chi connectivity index (χ1) is 9.26. The quantitative estimate of drug-likeness (QED) is 0.767. The van der Waals surface area contributed by atoms with Gasteiger partial charge in [-0.15, -0.1) is 11.3 Å². The number of thiophene rings is 1. The summed E-state index contributed by atoms with van der Waals surface area (Å²) in [4.78, 5) is 1.36. The van der Waals surface area contributed by atoms with Crippen LogP contribution in [0.4, 0.5) is 0 Å². The van der Waals surface area contributed by atoms with Gasteiger partial charge in [-0.3, -0.25) is 0 Å². The molecular weight excluding hydrogens is 318 g/mol. The molecule has 1 aromatic heterocycles. The molecule has 0 bridgehead atoms. The number of nitrogens with one attached hydrogen (secondary N) is 1. The van der Waals surface area contributed by atoms with Crippen LogP contribution in [0.2, 0.25) is 0 Å². The number of hydrogen-bond acceptors (Lipinski definition) is 2. The second kappa shape index (κ2) is 7.22. The van der Waals surface area contributed by atoms with Crippen LogP contribution in [0.1, 0.15) is 42.3 Å². The second-order valence-corrected chi connectivity index (χ2v) is 6.42. The highest BCUT2D eigenvalue weighted by Gasteiger charge is 2.17. The van der Waals surface area contributed by atoms with Crippen molar-refractivity contribution in [1.82, 2.24) is 5.32 Å². The Hall–Kier alpha value is -0.640. The fraction of sp³-hybridized carbons (Fsp3) is 0.375. The molecule has 0 saturated heterocycles. The average Bonchev–Trinajstić information content (AvgIpc) is 2.83. The maximum Gasteiger partial charge on any atom is 0.0682 e. The number of aryl methyl sites for hydroxylation is 1. The number of halogens is 1. The molecule has 0 amide bonds. The summed E-state index contributed by atoms with van der Waals surface area (Å²) in [5.41, 5.74) is 2.78. The molecule has 102 valence electrons. The Morgan fingerprint density at radius 1 is 1.26 bits per heavy atom. The molecule has 1 aromatic carbocycles. The van der Waals surface area contributed by atoms with Crippen LogP contribution in [0, 0.1) is 0 Å². The van der Waals surface area contributed by atoms with Crippen LogP contribution in [-0.4, -0.2) is 6.54 Å². The smallest absolute Gasteiger partial charge is 0.0682 e. The van der Waals surface area contributed by atoms with E-state index in [9.17, 15) is 0 Å². The lowest BCUT2D eigenvalue weighted by Crippen LogP contribution is -2.21. The lowest BCUT2D eigenvalue weighted by Gasteiger charge is -2.18. The molecule has 1 atom stereocenters. The highest BCUT2D eigenvalue weighted by molar-refractivity contribution is 9.10. The van der Waals surface area contributed by atoms with Gasteiger partial charge in [-0.2, -0.15) is 0 Å². The van der Waals surface area contributed by atoms with Gasteiger partial charge in [-0.05, 0) is 51.5 Å². The molecule has 2 rings (SSSR count). The van der Waals surface area contributed by atoms with E-state index in [0.29, 0.717) is 0 Å². The Morgan fingerprint density at radius 2 is 2.11 bits per heavy atom. The maximum absolute atomic E-state index is 3.65. The van der Waals surface area contributed by atoms with Crippen LogP contribution >= 0.6 is 27.3 Å². The summed E-state index contributed by atoms with van der Waals surface area (Å²) in [6.45, 7) is 5.35. The normalized spacial score (nSPS) is 12.6. The average molecular weight is 338 g/mol. The third-order valence-electron chi connectivity index (χ3n) is 3.14. The molecule has 0 radical (unpaired) electrons. The Morgan fingerprint density at radius 3 is 2.74 bits per heavy atom. The molecule has 0 aliphatic heterocycles. The topological polar surface area (TPSA) is 12.0 Å². The van der Waals surface area contributed by atoms with Gasteiger partial charge in [0.15, 0.2) is 0 Å². The number of rotatable bonds is 6. The zero-order valence-corrected chi connectivity index (χ0v) is 13.9. The fourth-order valence-electron chi connectivity index (χ4n) is 2.29. The summed E-state index contributed by atoms with van der Waals surface area (Å²) in [7, 11) is 0. The van der Waals surface area contributed by atoms with Crippen molar-refractivity contribution in [3.63, 3.8) is 0 Å². The van der Waals surface area contributed by atoms with Crippen molar-refractivity contribution < 1.29 is 0 Å². The zero-order chi connectivity index (χ0) is 13.7. The molecule has 0 fully saturated rings. The van der Waals surface area contributed by atoms with Crippen molar-refractivity contribution in [1.29, 1.82) is 0 Å². The molecule has 0 aliphatic carbocycles. The van der Waals surface area contributed by atoms with Gasteiger partial charge in [0.2, 0.25) is 0 Å². The van der Waals surface area contributed by atoms with E-state index in [-0.39, 0.29) is 6.04 Å². The number of hydrogen-bond donors (Lipinski definition) is 1. The first-order valence-corrected chi connectivity index (χ1v) is 8.48. The van der Waals surface area contributed by atoms with Crippen LogP contribution in [0.3, 0.4) is 0 Å². The Balaban J connectivity index is 2.33. The van der Waals surface area contributed by atoms with E-state index >= 15 is 0 Å². The van der Waals surface area contributed by atoms with Gasteiger partial charge in [0.05, 0.1) is 6.04 Å². The van der Waals surface area contributed by atoms with Gasteiger partial charge in [0.25, 0.3) is 0 Å². The monoisotopic (exact) mass is 337 g/mol. The molecule has 0 saturated carbocycles. The molecule has 1 nitrogen and oxygen atoms in total. The summed E-state index contributed by atoms with van der Waals surface area (Å²) < 4.78 is 1.20. The lowest BCUT2D eigenvalue weighted by atomic mass is 10.0. The van der Waals surface area contributed by atoms with Crippen molar-refractivity contribution in [3.05, 3.63) is 56.2 Å². The Bertz CT molecular complexity index is 521. The summed E-state index contributed by atoms with van der Waals surface area (Å²) in [5, 5.41) is 5.73. The van der Waals surface area contributed by atoms with Crippen molar-refractivity contribution in [3.8, 4) is 0 Å². The van der Waals surface area contributed by atoms with E-state index in [0.717, 1.165) is 13.0 Å². The van der Waals surface area contributed by atoms with E-state index in [2.05, 4.69) is 70.8 Å². The van der Waals surface area contributed by atoms with Gasteiger partial charge in [-0.25, -0.2) is 0 Å². The molecule has 1 unspecified atom stereocenters. The summed E-state index contributed by atoms with van der Waals surface area (Å²) in [5.74, 6) is 0. The summed E-state index contributed by atoms with van der Waals surface area (Å²) in [6.07, 6.45) is 2.34. The largest absolute Gasteiger partial charge is 0.306 e. The summed E-state index contributed by atoms with van der Waals surface area (Å²) in [6, 6.07) is 11.4. The van der Waals surface area contributed by atoms with Gasteiger partial charge in [0.1, 0.15) is 0 Å². The lowest BCUT2D eigenvalue weighted by molar-refractivity contribution is 0.637. The number of benzene rings is 1. The van der Waals surface area contributed by atoms with E-state index in [1.165, 1.54) is 26.9 Å². The van der Waals surface area contributed by atoms with Crippen LogP contribution in [0.15, 0.2) is 40.2 Å². The van der Waals surface area contributed by atoms with E-state index in [1.54, 1.807) is 11.3 Å². The molecule has 2 aromatic rings. The van der Waals surface area contributed by atoms with Crippen molar-refractivity contribution >= 4 is 27.3 Å². The van der Waals surface area contributed by atoms with Gasteiger partial charge in [-0.1, -0.05) is 44.5 Å². The molecule has 3 heteroatoms. The van der Waals surface area contributed by atoms with E-state index in [1.807, 2.05) is 0 Å². The van der Waals surface area contributed by atoms with Gasteiger partial charge >= 0.3 is 0 Å². The molecule has 1 heterocycles. The third-order valence-corrected chi connectivity index (χ3v) is 5.07. The van der Waals surface area contributed by atoms with Gasteiger partial charge in [0, 0.05) is 9.35 Å². The Kier molecular flexibility index (Phi) is 5.61. The van der Waals surface area contributed by atoms with Crippen LogP contribution < -0.4 is 5.32 Å². The van der Waals surface area contributed by atoms with E-state index < -0.39 is 0 Å². The summed E-state index contributed by atoms with van der Waals surface area (Å²) >= 11 is 5.46. The van der Waals surface area contributed by atoms with Crippen LogP contribution in [0.5, 0.6) is 0 Å².